The van der Waals surface area contributed by atoms with E-state index in [1.165, 1.54) is 0 Å². The van der Waals surface area contributed by atoms with Gasteiger partial charge in [-0.3, -0.25) is 4.79 Å². The lowest BCUT2D eigenvalue weighted by molar-refractivity contribution is -0.150. The van der Waals surface area contributed by atoms with Crippen LogP contribution in [0.1, 0.15) is 39.5 Å². The van der Waals surface area contributed by atoms with E-state index in [4.69, 9.17) is 9.47 Å². The van der Waals surface area contributed by atoms with Crippen molar-refractivity contribution in [3.63, 3.8) is 0 Å². The van der Waals surface area contributed by atoms with Crippen molar-refractivity contribution in [1.82, 2.24) is 4.90 Å². The van der Waals surface area contributed by atoms with E-state index in [0.29, 0.717) is 38.5 Å². The normalized spacial score (nSPS) is 15.9. The van der Waals surface area contributed by atoms with Gasteiger partial charge in [-0.25, -0.2) is 4.79 Å². The highest BCUT2D eigenvalue weighted by Gasteiger charge is 2.28. The molecule has 1 amide bonds. The van der Waals surface area contributed by atoms with Gasteiger partial charge in [0.25, 0.3) is 0 Å². The maximum atomic E-state index is 11.9. The first-order valence-corrected chi connectivity index (χ1v) is 7.73. The summed E-state index contributed by atoms with van der Waals surface area (Å²) in [7, 11) is 0. The van der Waals surface area contributed by atoms with Crippen LogP contribution in [-0.2, 0) is 14.3 Å². The quantitative estimate of drug-likeness (QED) is 0.412. The molecule has 0 N–H and O–H groups in total. The van der Waals surface area contributed by atoms with E-state index >= 15 is 0 Å². The number of amides is 1. The molecule has 0 aromatic rings. The summed E-state index contributed by atoms with van der Waals surface area (Å²) in [5.74, 6) is 0.416. The van der Waals surface area contributed by atoms with E-state index in [2.05, 4.69) is 20.4 Å². The molecule has 21 heavy (non-hydrogen) atoms. The molecule has 5 nitrogen and oxygen atoms in total. The molecular formula is C16H27NO4. The summed E-state index contributed by atoms with van der Waals surface area (Å²) in [6.07, 6.45) is 4.48. The number of likely N-dealkylation sites (tertiary alicyclic amines) is 1. The Balaban J connectivity index is 2.21. The third kappa shape index (κ3) is 6.65. The van der Waals surface area contributed by atoms with Crippen molar-refractivity contribution in [1.29, 1.82) is 0 Å². The fourth-order valence-corrected chi connectivity index (χ4v) is 2.30. The highest BCUT2D eigenvalue weighted by atomic mass is 16.6. The van der Waals surface area contributed by atoms with E-state index in [1.807, 2.05) is 0 Å². The predicted octanol–water partition coefficient (Wildman–Crippen LogP) is 3.00. The average Bonchev–Trinajstić information content (AvgIpc) is 2.49. The fraction of sp³-hybridized carbons (Fsp3) is 0.750. The van der Waals surface area contributed by atoms with Crippen LogP contribution in [0, 0.1) is 11.8 Å². The summed E-state index contributed by atoms with van der Waals surface area (Å²) in [6, 6.07) is 0. The molecule has 120 valence electrons. The summed E-state index contributed by atoms with van der Waals surface area (Å²) < 4.78 is 10.3. The third-order valence-corrected chi connectivity index (χ3v) is 3.58. The molecule has 0 atom stereocenters. The van der Waals surface area contributed by atoms with Crippen molar-refractivity contribution >= 4 is 12.1 Å². The zero-order chi connectivity index (χ0) is 15.7. The van der Waals surface area contributed by atoms with Crippen molar-refractivity contribution in [3.05, 3.63) is 12.7 Å². The Bertz CT molecular complexity index is 346. The van der Waals surface area contributed by atoms with Gasteiger partial charge < -0.3 is 14.4 Å². The van der Waals surface area contributed by atoms with Crippen LogP contribution >= 0.6 is 0 Å². The Morgan fingerprint density at radius 2 is 1.95 bits per heavy atom. The molecule has 0 aliphatic carbocycles. The molecule has 0 saturated carbocycles. The molecule has 1 heterocycles. The smallest absolute Gasteiger partial charge is 0.410 e. The Hall–Kier alpha value is -1.52. The van der Waals surface area contributed by atoms with Gasteiger partial charge in [0.1, 0.15) is 6.61 Å². The predicted molar refractivity (Wildman–Crippen MR) is 80.9 cm³/mol. The number of piperidine rings is 1. The summed E-state index contributed by atoms with van der Waals surface area (Å²) in [5.41, 5.74) is 0. The fourth-order valence-electron chi connectivity index (χ4n) is 2.30. The van der Waals surface area contributed by atoms with Crippen LogP contribution in [0.3, 0.4) is 0 Å². The molecule has 0 unspecified atom stereocenters. The maximum Gasteiger partial charge on any atom is 0.410 e. The van der Waals surface area contributed by atoms with Gasteiger partial charge in [-0.15, -0.1) is 0 Å². The number of ether oxygens (including phenoxy) is 2. The number of carbonyl (C=O) groups is 2. The van der Waals surface area contributed by atoms with Crippen LogP contribution in [-0.4, -0.2) is 43.3 Å². The van der Waals surface area contributed by atoms with Crippen molar-refractivity contribution in [2.75, 3.05) is 26.3 Å². The lowest BCUT2D eigenvalue weighted by Crippen LogP contribution is -2.41. The minimum absolute atomic E-state index is 0.0903. The van der Waals surface area contributed by atoms with E-state index in [0.717, 1.165) is 12.8 Å². The molecule has 1 aliphatic rings. The first kappa shape index (κ1) is 17.5. The Morgan fingerprint density at radius 3 is 2.52 bits per heavy atom. The van der Waals surface area contributed by atoms with E-state index in [9.17, 15) is 9.59 Å². The van der Waals surface area contributed by atoms with Gasteiger partial charge in [0, 0.05) is 13.1 Å². The summed E-state index contributed by atoms with van der Waals surface area (Å²) >= 11 is 0. The Labute approximate surface area is 127 Å². The lowest BCUT2D eigenvalue weighted by Gasteiger charge is -2.30. The van der Waals surface area contributed by atoms with E-state index in [1.54, 1.807) is 11.0 Å². The van der Waals surface area contributed by atoms with Gasteiger partial charge in [0.15, 0.2) is 0 Å². The van der Waals surface area contributed by atoms with Gasteiger partial charge in [0.05, 0.1) is 12.5 Å². The van der Waals surface area contributed by atoms with Gasteiger partial charge in [0.2, 0.25) is 0 Å². The van der Waals surface area contributed by atoms with E-state index in [-0.39, 0.29) is 24.6 Å². The molecule has 1 fully saturated rings. The summed E-state index contributed by atoms with van der Waals surface area (Å²) in [5, 5.41) is 0. The van der Waals surface area contributed by atoms with Crippen molar-refractivity contribution < 1.29 is 19.1 Å². The van der Waals surface area contributed by atoms with Crippen LogP contribution in [0.15, 0.2) is 12.7 Å². The molecule has 0 spiro atoms. The molecular weight excluding hydrogens is 270 g/mol. The van der Waals surface area contributed by atoms with Crippen LogP contribution in [0.25, 0.3) is 0 Å². The zero-order valence-electron chi connectivity index (χ0n) is 13.2. The first-order valence-electron chi connectivity index (χ1n) is 7.73. The molecule has 0 bridgehead atoms. The topological polar surface area (TPSA) is 55.8 Å². The van der Waals surface area contributed by atoms with Gasteiger partial charge in [-0.2, -0.15) is 0 Å². The van der Waals surface area contributed by atoms with Crippen LogP contribution in [0.2, 0.25) is 0 Å². The first-order chi connectivity index (χ1) is 10.0. The number of esters is 1. The third-order valence-electron chi connectivity index (χ3n) is 3.58. The second-order valence-corrected chi connectivity index (χ2v) is 5.83. The van der Waals surface area contributed by atoms with Gasteiger partial charge >= 0.3 is 12.1 Å². The lowest BCUT2D eigenvalue weighted by atomic mass is 9.97. The SMILES string of the molecule is C=CCOC(=O)N1CCC(C(=O)OCCCC(C)C)CC1. The number of hydrogen-bond donors (Lipinski definition) is 0. The number of rotatable bonds is 7. The summed E-state index contributed by atoms with van der Waals surface area (Å²) in [6.45, 7) is 9.62. The molecule has 0 aromatic carbocycles. The minimum Gasteiger partial charge on any atom is -0.465 e. The van der Waals surface area contributed by atoms with Crippen molar-refractivity contribution in [2.45, 2.75) is 39.5 Å². The Morgan fingerprint density at radius 1 is 1.29 bits per heavy atom. The number of carbonyl (C=O) groups excluding carboxylic acids is 2. The second-order valence-electron chi connectivity index (χ2n) is 5.83. The van der Waals surface area contributed by atoms with E-state index < -0.39 is 0 Å². The van der Waals surface area contributed by atoms with Gasteiger partial charge in [-0.05, 0) is 31.6 Å². The molecule has 0 aromatic heterocycles. The molecule has 1 aliphatic heterocycles. The largest absolute Gasteiger partial charge is 0.465 e. The summed E-state index contributed by atoms with van der Waals surface area (Å²) in [4.78, 5) is 25.2. The van der Waals surface area contributed by atoms with Crippen molar-refractivity contribution in [2.24, 2.45) is 11.8 Å². The van der Waals surface area contributed by atoms with Crippen molar-refractivity contribution in [3.8, 4) is 0 Å². The monoisotopic (exact) mass is 297 g/mol. The highest BCUT2D eigenvalue weighted by molar-refractivity contribution is 5.73. The minimum atomic E-state index is -0.335. The standard InChI is InChI=1S/C16H27NO4/c1-4-11-21-16(19)17-9-7-14(8-10-17)15(18)20-12-5-6-13(2)3/h4,13-14H,1,5-12H2,2-3H3. The Kier molecular flexibility index (Phi) is 7.87. The zero-order valence-corrected chi connectivity index (χ0v) is 13.2. The molecule has 5 heteroatoms. The van der Waals surface area contributed by atoms with Crippen LogP contribution in [0.4, 0.5) is 4.79 Å². The number of hydrogen-bond acceptors (Lipinski definition) is 4. The molecule has 0 radical (unpaired) electrons. The average molecular weight is 297 g/mol. The number of nitrogens with zero attached hydrogens (tertiary/aromatic N) is 1. The van der Waals surface area contributed by atoms with Crippen LogP contribution < -0.4 is 0 Å². The molecule has 1 rings (SSSR count). The maximum absolute atomic E-state index is 11.9. The highest BCUT2D eigenvalue weighted by Crippen LogP contribution is 2.19. The van der Waals surface area contributed by atoms with Gasteiger partial charge in [-0.1, -0.05) is 26.5 Å². The van der Waals surface area contributed by atoms with Crippen LogP contribution in [0.5, 0.6) is 0 Å². The second kappa shape index (κ2) is 9.42. The molecule has 1 saturated heterocycles.